The van der Waals surface area contributed by atoms with Crippen LogP contribution in [0.3, 0.4) is 0 Å². The zero-order valence-electron chi connectivity index (χ0n) is 19.7. The number of ether oxygens (including phenoxy) is 2. The first-order valence-corrected chi connectivity index (χ1v) is 11.8. The number of aromatic nitrogens is 1. The lowest BCUT2D eigenvalue weighted by molar-refractivity contribution is -0.117. The number of carbonyl (C=O) groups is 3. The molecule has 35 heavy (non-hydrogen) atoms. The van der Waals surface area contributed by atoms with E-state index in [0.29, 0.717) is 29.4 Å². The van der Waals surface area contributed by atoms with Gasteiger partial charge in [0.25, 0.3) is 5.91 Å². The monoisotopic (exact) mass is 496 g/mol. The van der Waals surface area contributed by atoms with E-state index in [9.17, 15) is 19.5 Å². The van der Waals surface area contributed by atoms with Gasteiger partial charge in [-0.1, -0.05) is 23.5 Å². The number of esters is 1. The molecule has 0 bridgehead atoms. The summed E-state index contributed by atoms with van der Waals surface area (Å²) in [5, 5.41) is 11.0. The predicted octanol–water partition coefficient (Wildman–Crippen LogP) is 4.71. The third-order valence-corrected chi connectivity index (χ3v) is 6.51. The molecule has 1 aromatic carbocycles. The molecule has 1 atom stereocenters. The number of aliphatic hydroxyl groups is 1. The van der Waals surface area contributed by atoms with Gasteiger partial charge in [-0.2, -0.15) is 0 Å². The quantitative estimate of drug-likeness (QED) is 0.352. The number of Topliss-reactive ketones (excluding diaryl/α,β-unsaturated/α-hetero) is 1. The molecule has 0 radical (unpaired) electrons. The molecule has 10 heteroatoms. The Hall–Kier alpha value is -3.92. The first-order chi connectivity index (χ1) is 16.8. The Bertz CT molecular complexity index is 1320. The first-order valence-electron chi connectivity index (χ1n) is 11.0. The van der Waals surface area contributed by atoms with Crippen LogP contribution in [0.15, 0.2) is 52.1 Å². The normalized spacial score (nSPS) is 15.6. The highest BCUT2D eigenvalue weighted by Crippen LogP contribution is 2.44. The maximum Gasteiger partial charge on any atom is 0.350 e. The number of ketones is 1. The fraction of sp³-hybridized carbons (Fsp3) is 0.280. The SMILES string of the molecule is CCOC(=O)c1sc(N2C(=O)C(O)=C(C(=O)c3ccc(C)o3)C2c2ccc(OCC)cc2)nc1C. The highest BCUT2D eigenvalue weighted by atomic mass is 32.1. The second-order valence-corrected chi connectivity index (χ2v) is 8.69. The summed E-state index contributed by atoms with van der Waals surface area (Å²) in [5.74, 6) is -1.56. The Morgan fingerprint density at radius 2 is 1.83 bits per heavy atom. The van der Waals surface area contributed by atoms with Crippen LogP contribution < -0.4 is 9.64 Å². The van der Waals surface area contributed by atoms with Gasteiger partial charge < -0.3 is 19.0 Å². The van der Waals surface area contributed by atoms with Crippen LogP contribution in [0.25, 0.3) is 0 Å². The summed E-state index contributed by atoms with van der Waals surface area (Å²) in [5.41, 5.74) is 0.782. The van der Waals surface area contributed by atoms with Crippen molar-refractivity contribution in [3.8, 4) is 5.75 Å². The second kappa shape index (κ2) is 9.75. The highest BCUT2D eigenvalue weighted by molar-refractivity contribution is 7.17. The summed E-state index contributed by atoms with van der Waals surface area (Å²) >= 11 is 0.956. The lowest BCUT2D eigenvalue weighted by atomic mass is 9.95. The number of nitrogens with zero attached hydrogens (tertiary/aromatic N) is 2. The van der Waals surface area contributed by atoms with Gasteiger partial charge in [-0.15, -0.1) is 0 Å². The molecule has 9 nitrogen and oxygen atoms in total. The van der Waals surface area contributed by atoms with Crippen molar-refractivity contribution in [3.05, 3.63) is 75.4 Å². The smallest absolute Gasteiger partial charge is 0.350 e. The van der Waals surface area contributed by atoms with Gasteiger partial charge in [-0.05, 0) is 57.5 Å². The lowest BCUT2D eigenvalue weighted by Gasteiger charge is -2.24. The van der Waals surface area contributed by atoms with E-state index >= 15 is 0 Å². The molecule has 3 heterocycles. The van der Waals surface area contributed by atoms with Gasteiger partial charge in [0, 0.05) is 0 Å². The number of hydrogen-bond donors (Lipinski definition) is 1. The summed E-state index contributed by atoms with van der Waals surface area (Å²) in [6, 6.07) is 8.97. The first kappa shape index (κ1) is 24.2. The summed E-state index contributed by atoms with van der Waals surface area (Å²) in [6.45, 7) is 7.54. The molecule has 4 rings (SSSR count). The van der Waals surface area contributed by atoms with Crippen LogP contribution in [-0.4, -0.2) is 41.0 Å². The van der Waals surface area contributed by atoms with Gasteiger partial charge in [-0.3, -0.25) is 14.5 Å². The van der Waals surface area contributed by atoms with E-state index in [1.54, 1.807) is 51.1 Å². The van der Waals surface area contributed by atoms with Gasteiger partial charge in [0.1, 0.15) is 16.4 Å². The van der Waals surface area contributed by atoms with Crippen LogP contribution in [-0.2, 0) is 9.53 Å². The van der Waals surface area contributed by atoms with Crippen molar-refractivity contribution in [2.24, 2.45) is 0 Å². The lowest BCUT2D eigenvalue weighted by Crippen LogP contribution is -2.31. The standard InChI is InChI=1S/C25H24N2O7S/c1-5-32-16-10-8-15(9-11-16)19-18(20(28)17-12-7-13(3)34-17)21(29)23(30)27(19)25-26-14(4)22(35-25)24(31)33-6-2/h7-12,19,29H,5-6H2,1-4H3. The van der Waals surface area contributed by atoms with E-state index in [-0.39, 0.29) is 27.9 Å². The number of hydrogen-bond acceptors (Lipinski definition) is 9. The Morgan fingerprint density at radius 3 is 2.43 bits per heavy atom. The molecule has 1 unspecified atom stereocenters. The molecule has 0 spiro atoms. The van der Waals surface area contributed by atoms with Crippen molar-refractivity contribution in [1.82, 2.24) is 4.98 Å². The highest BCUT2D eigenvalue weighted by Gasteiger charge is 2.46. The van der Waals surface area contributed by atoms with Crippen LogP contribution >= 0.6 is 11.3 Å². The van der Waals surface area contributed by atoms with Gasteiger partial charge in [0.05, 0.1) is 30.5 Å². The minimum Gasteiger partial charge on any atom is -0.503 e. The van der Waals surface area contributed by atoms with Gasteiger partial charge >= 0.3 is 5.97 Å². The van der Waals surface area contributed by atoms with Crippen molar-refractivity contribution >= 4 is 34.1 Å². The molecule has 0 aliphatic carbocycles. The van der Waals surface area contributed by atoms with Crippen LogP contribution in [0, 0.1) is 13.8 Å². The van der Waals surface area contributed by atoms with Crippen molar-refractivity contribution in [3.63, 3.8) is 0 Å². The third kappa shape index (κ3) is 4.44. The average molecular weight is 497 g/mol. The molecule has 1 aliphatic heterocycles. The topological polar surface area (TPSA) is 119 Å². The maximum atomic E-state index is 13.4. The van der Waals surface area contributed by atoms with Crippen LogP contribution in [0.2, 0.25) is 0 Å². The molecule has 2 aromatic heterocycles. The van der Waals surface area contributed by atoms with Crippen LogP contribution in [0.5, 0.6) is 5.75 Å². The van der Waals surface area contributed by atoms with Crippen LogP contribution in [0.1, 0.15) is 57.1 Å². The zero-order chi connectivity index (χ0) is 25.3. The molecule has 1 N–H and O–H groups in total. The van der Waals surface area contributed by atoms with E-state index < -0.39 is 29.5 Å². The summed E-state index contributed by atoms with van der Waals surface area (Å²) in [7, 11) is 0. The van der Waals surface area contributed by atoms with E-state index in [2.05, 4.69) is 4.98 Å². The number of thiazole rings is 1. The van der Waals surface area contributed by atoms with Crippen LogP contribution in [0.4, 0.5) is 5.13 Å². The fourth-order valence-corrected chi connectivity index (χ4v) is 4.81. The molecule has 182 valence electrons. The molecule has 1 amide bonds. The third-order valence-electron chi connectivity index (χ3n) is 5.38. The van der Waals surface area contributed by atoms with Crippen molar-refractivity contribution in [2.75, 3.05) is 18.1 Å². The Labute approximate surface area is 205 Å². The maximum absolute atomic E-state index is 13.4. The van der Waals surface area contributed by atoms with E-state index in [4.69, 9.17) is 13.9 Å². The Kier molecular flexibility index (Phi) is 6.74. The average Bonchev–Trinajstić information content (AvgIpc) is 3.51. The summed E-state index contributed by atoms with van der Waals surface area (Å²) < 4.78 is 16.1. The number of benzene rings is 1. The number of aliphatic hydroxyl groups excluding tert-OH is 1. The summed E-state index contributed by atoms with van der Waals surface area (Å²) in [4.78, 5) is 44.9. The van der Waals surface area contributed by atoms with Gasteiger partial charge in [-0.25, -0.2) is 9.78 Å². The van der Waals surface area contributed by atoms with Crippen molar-refractivity contribution in [2.45, 2.75) is 33.7 Å². The van der Waals surface area contributed by atoms with Crippen molar-refractivity contribution in [1.29, 1.82) is 0 Å². The molecule has 0 fully saturated rings. The molecule has 0 saturated heterocycles. The molecule has 0 saturated carbocycles. The minimum atomic E-state index is -1.00. The van der Waals surface area contributed by atoms with Crippen molar-refractivity contribution < 1.29 is 33.4 Å². The van der Waals surface area contributed by atoms with E-state index in [1.165, 1.54) is 11.0 Å². The largest absolute Gasteiger partial charge is 0.503 e. The number of anilines is 1. The number of amides is 1. The number of furan rings is 1. The molecular weight excluding hydrogens is 472 g/mol. The second-order valence-electron chi connectivity index (χ2n) is 7.71. The van der Waals surface area contributed by atoms with E-state index in [1.807, 2.05) is 6.92 Å². The number of carbonyl (C=O) groups excluding carboxylic acids is 3. The van der Waals surface area contributed by atoms with Gasteiger partial charge in [0.2, 0.25) is 5.78 Å². The fourth-order valence-electron chi connectivity index (χ4n) is 3.82. The number of rotatable bonds is 8. The molecular formula is C25H24N2O7S. The van der Waals surface area contributed by atoms with E-state index in [0.717, 1.165) is 11.3 Å². The van der Waals surface area contributed by atoms with Gasteiger partial charge in [0.15, 0.2) is 16.7 Å². The zero-order valence-corrected chi connectivity index (χ0v) is 20.5. The predicted molar refractivity (Wildman–Crippen MR) is 128 cm³/mol. The number of aryl methyl sites for hydroxylation is 2. The minimum absolute atomic E-state index is 0.00262. The Morgan fingerprint density at radius 1 is 1.11 bits per heavy atom. The summed E-state index contributed by atoms with van der Waals surface area (Å²) in [6.07, 6.45) is 0. The Balaban J connectivity index is 1.83. The molecule has 1 aliphatic rings. The molecule has 3 aromatic rings.